The number of nitrogens with one attached hydrogen (secondary N) is 2. The molecule has 0 spiro atoms. The zero-order chi connectivity index (χ0) is 18.4. The number of rotatable bonds is 4. The number of carbonyl (C=O) groups is 2. The number of pyridine rings is 1. The van der Waals surface area contributed by atoms with Gasteiger partial charge in [-0.15, -0.1) is 0 Å². The smallest absolute Gasteiger partial charge is 0.407 e. The summed E-state index contributed by atoms with van der Waals surface area (Å²) in [5.41, 5.74) is 0.00633. The second-order valence-electron chi connectivity index (χ2n) is 7.09. The van der Waals surface area contributed by atoms with Crippen LogP contribution < -0.4 is 10.6 Å². The van der Waals surface area contributed by atoms with Crippen LogP contribution in [0, 0.1) is 0 Å². The van der Waals surface area contributed by atoms with Crippen molar-refractivity contribution in [3.05, 3.63) is 23.5 Å². The molecule has 1 aliphatic heterocycles. The van der Waals surface area contributed by atoms with Gasteiger partial charge in [0.15, 0.2) is 5.15 Å². The maximum absolute atomic E-state index is 12.1. The van der Waals surface area contributed by atoms with Gasteiger partial charge >= 0.3 is 6.09 Å². The highest BCUT2D eigenvalue weighted by Gasteiger charge is 2.24. The first-order valence-corrected chi connectivity index (χ1v) is 8.73. The first-order valence-electron chi connectivity index (χ1n) is 8.35. The van der Waals surface area contributed by atoms with Gasteiger partial charge in [-0.25, -0.2) is 9.78 Å². The molecule has 0 unspecified atom stereocenters. The van der Waals surface area contributed by atoms with Crippen molar-refractivity contribution < 1.29 is 14.3 Å². The number of hydrogen-bond donors (Lipinski definition) is 2. The molecule has 25 heavy (non-hydrogen) atoms. The highest BCUT2D eigenvalue weighted by Crippen LogP contribution is 2.18. The third-order valence-corrected chi connectivity index (χ3v) is 4.01. The summed E-state index contributed by atoms with van der Waals surface area (Å²) in [6.07, 6.45) is 2.73. The van der Waals surface area contributed by atoms with E-state index >= 15 is 0 Å². The number of carbonyl (C=O) groups excluding carboxylic acids is 2. The Kier molecular flexibility index (Phi) is 6.61. The quantitative estimate of drug-likeness (QED) is 0.798. The third kappa shape index (κ3) is 6.88. The van der Waals surface area contributed by atoms with Crippen LogP contribution in [0.15, 0.2) is 18.3 Å². The Morgan fingerprint density at radius 2 is 2.04 bits per heavy atom. The standard InChI is InChI=1S/C17H25ClN4O3/c1-17(2,3)25-16(24)20-12-6-9-22(10-7-12)11-14(23)21-13-5-4-8-19-15(13)18/h4-5,8,12H,6-7,9-11H2,1-3H3,(H,20,24)(H,21,23). The lowest BCUT2D eigenvalue weighted by atomic mass is 10.1. The monoisotopic (exact) mass is 368 g/mol. The van der Waals surface area contributed by atoms with E-state index in [4.69, 9.17) is 16.3 Å². The number of alkyl carbamates (subject to hydrolysis) is 1. The van der Waals surface area contributed by atoms with Crippen LogP contribution in [0.25, 0.3) is 0 Å². The van der Waals surface area contributed by atoms with Gasteiger partial charge in [-0.2, -0.15) is 0 Å². The average molecular weight is 369 g/mol. The second kappa shape index (κ2) is 8.49. The first kappa shape index (κ1) is 19.5. The van der Waals surface area contributed by atoms with Gasteiger partial charge in [-0.05, 0) is 45.7 Å². The Labute approximate surface area is 153 Å². The van der Waals surface area contributed by atoms with Crippen molar-refractivity contribution in [2.45, 2.75) is 45.3 Å². The third-order valence-electron chi connectivity index (χ3n) is 3.71. The van der Waals surface area contributed by atoms with Gasteiger partial charge in [-0.1, -0.05) is 11.6 Å². The van der Waals surface area contributed by atoms with E-state index in [1.807, 2.05) is 25.7 Å². The number of amides is 2. The molecule has 1 saturated heterocycles. The Morgan fingerprint density at radius 3 is 2.64 bits per heavy atom. The fourth-order valence-electron chi connectivity index (χ4n) is 2.58. The number of likely N-dealkylation sites (tertiary alicyclic amines) is 1. The molecule has 0 saturated carbocycles. The first-order chi connectivity index (χ1) is 11.7. The summed E-state index contributed by atoms with van der Waals surface area (Å²) in [6, 6.07) is 3.50. The van der Waals surface area contributed by atoms with Crippen LogP contribution in [-0.2, 0) is 9.53 Å². The van der Waals surface area contributed by atoms with Crippen molar-refractivity contribution in [3.63, 3.8) is 0 Å². The van der Waals surface area contributed by atoms with E-state index in [1.165, 1.54) is 0 Å². The molecule has 8 heteroatoms. The number of piperidine rings is 1. The van der Waals surface area contributed by atoms with Gasteiger partial charge in [-0.3, -0.25) is 9.69 Å². The van der Waals surface area contributed by atoms with Gasteiger partial charge < -0.3 is 15.4 Å². The van der Waals surface area contributed by atoms with E-state index in [9.17, 15) is 9.59 Å². The maximum atomic E-state index is 12.1. The summed E-state index contributed by atoms with van der Waals surface area (Å²) in [4.78, 5) is 29.9. The number of ether oxygens (including phenoxy) is 1. The van der Waals surface area contributed by atoms with Gasteiger partial charge in [0.1, 0.15) is 5.60 Å². The summed E-state index contributed by atoms with van der Waals surface area (Å²) in [6.45, 7) is 7.25. The van der Waals surface area contributed by atoms with Gasteiger partial charge in [0.2, 0.25) is 5.91 Å². The Balaban J connectivity index is 1.72. The molecular formula is C17H25ClN4O3. The molecule has 0 aliphatic carbocycles. The fraction of sp³-hybridized carbons (Fsp3) is 0.588. The zero-order valence-corrected chi connectivity index (χ0v) is 15.6. The molecule has 0 bridgehead atoms. The molecule has 1 aliphatic rings. The minimum Gasteiger partial charge on any atom is -0.444 e. The topological polar surface area (TPSA) is 83.6 Å². The van der Waals surface area contributed by atoms with Crippen LogP contribution in [0.2, 0.25) is 5.15 Å². The summed E-state index contributed by atoms with van der Waals surface area (Å²) < 4.78 is 5.26. The van der Waals surface area contributed by atoms with Crippen molar-refractivity contribution in [2.75, 3.05) is 25.0 Å². The number of nitrogens with zero attached hydrogens (tertiary/aromatic N) is 2. The van der Waals surface area contributed by atoms with Crippen molar-refractivity contribution in [1.29, 1.82) is 0 Å². The summed E-state index contributed by atoms with van der Waals surface area (Å²) >= 11 is 5.93. The molecule has 2 N–H and O–H groups in total. The lowest BCUT2D eigenvalue weighted by Crippen LogP contribution is -2.47. The van der Waals surface area contributed by atoms with E-state index in [0.717, 1.165) is 25.9 Å². The summed E-state index contributed by atoms with van der Waals surface area (Å²) in [5, 5.41) is 5.92. The van der Waals surface area contributed by atoms with E-state index in [1.54, 1.807) is 18.3 Å². The van der Waals surface area contributed by atoms with E-state index in [-0.39, 0.29) is 23.6 Å². The summed E-state index contributed by atoms with van der Waals surface area (Å²) in [5.74, 6) is -0.131. The van der Waals surface area contributed by atoms with Gasteiger partial charge in [0, 0.05) is 25.3 Å². The number of aromatic nitrogens is 1. The molecule has 1 aromatic rings. The van der Waals surface area contributed by atoms with E-state index < -0.39 is 11.7 Å². The van der Waals surface area contributed by atoms with Crippen LogP contribution in [0.1, 0.15) is 33.6 Å². The van der Waals surface area contributed by atoms with Crippen molar-refractivity contribution in [1.82, 2.24) is 15.2 Å². The highest BCUT2D eigenvalue weighted by molar-refractivity contribution is 6.32. The van der Waals surface area contributed by atoms with Crippen LogP contribution in [0.4, 0.5) is 10.5 Å². The fourth-order valence-corrected chi connectivity index (χ4v) is 2.75. The Bertz CT molecular complexity index is 610. The molecule has 0 aromatic carbocycles. The van der Waals surface area contributed by atoms with Gasteiger partial charge in [0.05, 0.1) is 12.2 Å². The number of anilines is 1. The molecule has 0 radical (unpaired) electrons. The average Bonchev–Trinajstić information content (AvgIpc) is 2.49. The number of hydrogen-bond acceptors (Lipinski definition) is 5. The molecule has 2 rings (SSSR count). The molecule has 7 nitrogen and oxygen atoms in total. The summed E-state index contributed by atoms with van der Waals surface area (Å²) in [7, 11) is 0. The van der Waals surface area contributed by atoms with E-state index in [2.05, 4.69) is 15.6 Å². The predicted octanol–water partition coefficient (Wildman–Crippen LogP) is 2.66. The normalized spacial score (nSPS) is 16.3. The Morgan fingerprint density at radius 1 is 1.36 bits per heavy atom. The molecule has 2 amide bonds. The van der Waals surface area contributed by atoms with E-state index in [0.29, 0.717) is 5.69 Å². The SMILES string of the molecule is CC(C)(C)OC(=O)NC1CCN(CC(=O)Nc2cccnc2Cl)CC1. The largest absolute Gasteiger partial charge is 0.444 e. The lowest BCUT2D eigenvalue weighted by Gasteiger charge is -2.32. The number of halogens is 1. The van der Waals surface area contributed by atoms with Crippen LogP contribution in [0.3, 0.4) is 0 Å². The van der Waals surface area contributed by atoms with Crippen molar-refractivity contribution in [2.24, 2.45) is 0 Å². The zero-order valence-electron chi connectivity index (χ0n) is 14.8. The molecule has 0 atom stereocenters. The maximum Gasteiger partial charge on any atom is 0.407 e. The van der Waals surface area contributed by atoms with Crippen LogP contribution >= 0.6 is 11.6 Å². The van der Waals surface area contributed by atoms with Crippen LogP contribution in [0.5, 0.6) is 0 Å². The van der Waals surface area contributed by atoms with Gasteiger partial charge in [0.25, 0.3) is 0 Å². The molecule has 1 fully saturated rings. The highest BCUT2D eigenvalue weighted by atomic mass is 35.5. The minimum absolute atomic E-state index is 0.0712. The van der Waals surface area contributed by atoms with Crippen molar-refractivity contribution >= 4 is 29.3 Å². The molecule has 138 valence electrons. The predicted molar refractivity (Wildman–Crippen MR) is 96.7 cm³/mol. The second-order valence-corrected chi connectivity index (χ2v) is 7.44. The molecular weight excluding hydrogens is 344 g/mol. The lowest BCUT2D eigenvalue weighted by molar-refractivity contribution is -0.117. The van der Waals surface area contributed by atoms with Crippen molar-refractivity contribution in [3.8, 4) is 0 Å². The minimum atomic E-state index is -0.504. The van der Waals surface area contributed by atoms with Crippen LogP contribution in [-0.4, -0.2) is 53.2 Å². The Hall–Kier alpha value is -1.86. The molecule has 2 heterocycles. The molecule has 1 aromatic heterocycles.